The molecule has 0 heteroatoms. The standard InChI is InChI=1S/C13H24/c1-10-3-5-12-6-8-13(7-4-10)11(2)9-12/h10-13H,3-9H2,1-2H3. The maximum atomic E-state index is 2.49. The van der Waals surface area contributed by atoms with E-state index in [0.717, 1.165) is 23.7 Å². The van der Waals surface area contributed by atoms with Gasteiger partial charge in [-0.25, -0.2) is 0 Å². The zero-order chi connectivity index (χ0) is 9.26. The molecule has 2 bridgehead atoms. The first-order valence-electron chi connectivity index (χ1n) is 6.25. The zero-order valence-corrected chi connectivity index (χ0v) is 9.26. The van der Waals surface area contributed by atoms with E-state index in [1.807, 2.05) is 0 Å². The van der Waals surface area contributed by atoms with Crippen molar-refractivity contribution in [3.63, 3.8) is 0 Å². The molecule has 0 amide bonds. The van der Waals surface area contributed by atoms with Crippen molar-refractivity contribution in [2.75, 3.05) is 0 Å². The summed E-state index contributed by atoms with van der Waals surface area (Å²) in [6.07, 6.45) is 10.7. The molecule has 3 aliphatic rings. The van der Waals surface area contributed by atoms with Gasteiger partial charge in [-0.2, -0.15) is 0 Å². The molecule has 0 aromatic heterocycles. The highest BCUT2D eigenvalue weighted by Gasteiger charge is 2.29. The van der Waals surface area contributed by atoms with Gasteiger partial charge in [0.1, 0.15) is 0 Å². The second kappa shape index (κ2) is 4.02. The van der Waals surface area contributed by atoms with Crippen LogP contribution in [0.1, 0.15) is 58.8 Å². The topological polar surface area (TPSA) is 0 Å². The van der Waals surface area contributed by atoms with E-state index in [-0.39, 0.29) is 0 Å². The summed E-state index contributed by atoms with van der Waals surface area (Å²) in [4.78, 5) is 0. The van der Waals surface area contributed by atoms with Gasteiger partial charge < -0.3 is 0 Å². The first-order chi connectivity index (χ1) is 6.25. The first kappa shape index (κ1) is 9.55. The van der Waals surface area contributed by atoms with Crippen molar-refractivity contribution in [3.8, 4) is 0 Å². The molecule has 0 aliphatic heterocycles. The number of fused-ring (bicyclic) bond motifs is 6. The maximum Gasteiger partial charge on any atom is -0.0388 e. The van der Waals surface area contributed by atoms with Crippen molar-refractivity contribution < 1.29 is 0 Å². The summed E-state index contributed by atoms with van der Waals surface area (Å²) < 4.78 is 0. The third-order valence-electron chi connectivity index (χ3n) is 4.55. The molecule has 3 aliphatic carbocycles. The molecule has 0 saturated heterocycles. The van der Waals surface area contributed by atoms with E-state index in [1.165, 1.54) is 32.1 Å². The van der Waals surface area contributed by atoms with Crippen LogP contribution in [-0.4, -0.2) is 0 Å². The summed E-state index contributed by atoms with van der Waals surface area (Å²) in [6.45, 7) is 4.95. The predicted molar refractivity (Wildman–Crippen MR) is 57.6 cm³/mol. The predicted octanol–water partition coefficient (Wildman–Crippen LogP) is 4.25. The van der Waals surface area contributed by atoms with Crippen molar-refractivity contribution in [2.24, 2.45) is 23.7 Å². The Balaban J connectivity index is 2.01. The van der Waals surface area contributed by atoms with Crippen molar-refractivity contribution in [2.45, 2.75) is 58.8 Å². The lowest BCUT2D eigenvalue weighted by atomic mass is 9.73. The van der Waals surface area contributed by atoms with Gasteiger partial charge in [0.15, 0.2) is 0 Å². The molecule has 3 saturated carbocycles. The van der Waals surface area contributed by atoms with Crippen LogP contribution in [0.15, 0.2) is 0 Å². The summed E-state index contributed by atoms with van der Waals surface area (Å²) in [7, 11) is 0. The number of hydrogen-bond donors (Lipinski definition) is 0. The average Bonchev–Trinajstić information content (AvgIpc) is 2.23. The molecule has 4 unspecified atom stereocenters. The van der Waals surface area contributed by atoms with Crippen LogP contribution < -0.4 is 0 Å². The lowest BCUT2D eigenvalue weighted by Crippen LogP contribution is -2.21. The molecule has 3 rings (SSSR count). The van der Waals surface area contributed by atoms with Crippen LogP contribution in [0.2, 0.25) is 0 Å². The van der Waals surface area contributed by atoms with E-state index in [2.05, 4.69) is 13.8 Å². The molecule has 3 fully saturated rings. The summed E-state index contributed by atoms with van der Waals surface area (Å²) in [5.41, 5.74) is 0. The quantitative estimate of drug-likeness (QED) is 0.523. The van der Waals surface area contributed by atoms with E-state index < -0.39 is 0 Å². The van der Waals surface area contributed by atoms with Crippen LogP contribution in [0.3, 0.4) is 0 Å². The van der Waals surface area contributed by atoms with Gasteiger partial charge in [0.2, 0.25) is 0 Å². The van der Waals surface area contributed by atoms with Gasteiger partial charge in [-0.3, -0.25) is 0 Å². The van der Waals surface area contributed by atoms with Gasteiger partial charge in [-0.1, -0.05) is 39.5 Å². The molecular weight excluding hydrogens is 156 g/mol. The molecule has 0 spiro atoms. The molecule has 0 nitrogen and oxygen atoms in total. The van der Waals surface area contributed by atoms with Crippen LogP contribution in [0.4, 0.5) is 0 Å². The summed E-state index contributed by atoms with van der Waals surface area (Å²) in [6, 6.07) is 0. The molecule has 0 radical (unpaired) electrons. The Morgan fingerprint density at radius 2 is 1.38 bits per heavy atom. The molecule has 76 valence electrons. The minimum atomic E-state index is 1.01. The Morgan fingerprint density at radius 1 is 0.769 bits per heavy atom. The van der Waals surface area contributed by atoms with Gasteiger partial charge in [-0.15, -0.1) is 0 Å². The van der Waals surface area contributed by atoms with Crippen LogP contribution in [-0.2, 0) is 0 Å². The Morgan fingerprint density at radius 3 is 2.15 bits per heavy atom. The molecular formula is C13H24. The fourth-order valence-electron chi connectivity index (χ4n) is 3.42. The van der Waals surface area contributed by atoms with Crippen LogP contribution in [0.5, 0.6) is 0 Å². The molecule has 0 heterocycles. The van der Waals surface area contributed by atoms with Crippen LogP contribution in [0, 0.1) is 23.7 Å². The monoisotopic (exact) mass is 180 g/mol. The average molecular weight is 180 g/mol. The highest BCUT2D eigenvalue weighted by Crippen LogP contribution is 2.41. The van der Waals surface area contributed by atoms with Gasteiger partial charge in [0.25, 0.3) is 0 Å². The Labute approximate surface area is 83.1 Å². The second-order valence-electron chi connectivity index (χ2n) is 5.68. The number of hydrogen-bond acceptors (Lipinski definition) is 0. The fraction of sp³-hybridized carbons (Fsp3) is 1.00. The first-order valence-corrected chi connectivity index (χ1v) is 6.25. The van der Waals surface area contributed by atoms with Gasteiger partial charge >= 0.3 is 0 Å². The van der Waals surface area contributed by atoms with Crippen LogP contribution >= 0.6 is 0 Å². The third-order valence-corrected chi connectivity index (χ3v) is 4.55. The lowest BCUT2D eigenvalue weighted by molar-refractivity contribution is 0.185. The number of rotatable bonds is 0. The smallest absolute Gasteiger partial charge is 0.0388 e. The molecule has 0 N–H and O–H groups in total. The van der Waals surface area contributed by atoms with Crippen molar-refractivity contribution in [1.82, 2.24) is 0 Å². The largest absolute Gasteiger partial charge is 0.0625 e. The normalized spacial score (nSPS) is 46.6. The SMILES string of the molecule is CC1CCC2CCC(CC1)C(C)C2. The minimum Gasteiger partial charge on any atom is -0.0625 e. The van der Waals surface area contributed by atoms with E-state index in [0.29, 0.717) is 0 Å². The van der Waals surface area contributed by atoms with Gasteiger partial charge in [-0.05, 0) is 42.9 Å². The van der Waals surface area contributed by atoms with Crippen LogP contribution in [0.25, 0.3) is 0 Å². The molecule has 13 heavy (non-hydrogen) atoms. The van der Waals surface area contributed by atoms with Crippen molar-refractivity contribution in [1.29, 1.82) is 0 Å². The minimum absolute atomic E-state index is 1.01. The van der Waals surface area contributed by atoms with Crippen molar-refractivity contribution >= 4 is 0 Å². The highest BCUT2D eigenvalue weighted by molar-refractivity contribution is 4.80. The lowest BCUT2D eigenvalue weighted by Gasteiger charge is -2.33. The Hall–Kier alpha value is 0. The third kappa shape index (κ3) is 2.27. The van der Waals surface area contributed by atoms with Gasteiger partial charge in [0.05, 0.1) is 0 Å². The fourth-order valence-corrected chi connectivity index (χ4v) is 3.42. The van der Waals surface area contributed by atoms with Crippen molar-refractivity contribution in [3.05, 3.63) is 0 Å². The Bertz CT molecular complexity index is 161. The molecule has 4 atom stereocenters. The van der Waals surface area contributed by atoms with E-state index in [1.54, 1.807) is 12.8 Å². The second-order valence-corrected chi connectivity index (χ2v) is 5.68. The highest BCUT2D eigenvalue weighted by atomic mass is 14.3. The maximum absolute atomic E-state index is 2.49. The zero-order valence-electron chi connectivity index (χ0n) is 9.26. The summed E-state index contributed by atoms with van der Waals surface area (Å²) >= 11 is 0. The summed E-state index contributed by atoms with van der Waals surface area (Å²) in [5, 5.41) is 0. The van der Waals surface area contributed by atoms with Gasteiger partial charge in [0, 0.05) is 0 Å². The summed E-state index contributed by atoms with van der Waals surface area (Å²) in [5.74, 6) is 4.21. The molecule has 0 aromatic carbocycles. The Kier molecular flexibility index (Phi) is 2.96. The molecule has 0 aromatic rings. The van der Waals surface area contributed by atoms with E-state index >= 15 is 0 Å². The van der Waals surface area contributed by atoms with E-state index in [9.17, 15) is 0 Å². The van der Waals surface area contributed by atoms with E-state index in [4.69, 9.17) is 0 Å².